The molecule has 236 valence electrons. The van der Waals surface area contributed by atoms with E-state index in [9.17, 15) is 16.8 Å². The molecule has 2 fully saturated rings. The van der Waals surface area contributed by atoms with Crippen LogP contribution in [-0.4, -0.2) is 88.7 Å². The smallest absolute Gasteiger partial charge is 0.214 e. The van der Waals surface area contributed by atoms with Gasteiger partial charge < -0.3 is 14.2 Å². The normalized spacial score (nSPS) is 20.6. The number of para-hydroxylation sites is 1. The van der Waals surface area contributed by atoms with Crippen molar-refractivity contribution in [3.8, 4) is 5.75 Å². The number of unbranched alkanes of at least 4 members (excludes halogenated alkanes) is 7. The molecule has 2 atom stereocenters. The number of hydrogen-bond donors (Lipinski definition) is 0. The quantitative estimate of drug-likeness (QED) is 0.131. The molecule has 1 aromatic rings. The lowest BCUT2D eigenvalue weighted by atomic mass is 10.1. The largest absolute Gasteiger partial charge is 0.494 e. The van der Waals surface area contributed by atoms with Gasteiger partial charge in [0.05, 0.1) is 31.3 Å². The SMILES string of the molecule is CCCCCCCCCCS(=O)(=O)N1CCC[C@H]1COCOC[C@@H]1CCCN1S(=O)(=O)CCCOc1ccccc1. The molecule has 2 saturated heterocycles. The van der Waals surface area contributed by atoms with Crippen molar-refractivity contribution >= 4 is 20.0 Å². The van der Waals surface area contributed by atoms with Crippen LogP contribution in [0, 0.1) is 0 Å². The van der Waals surface area contributed by atoms with Gasteiger partial charge in [-0.25, -0.2) is 16.8 Å². The fourth-order valence-electron chi connectivity index (χ4n) is 5.71. The molecule has 9 nitrogen and oxygen atoms in total. The molecule has 0 bridgehead atoms. The Hall–Kier alpha value is -1.24. The van der Waals surface area contributed by atoms with Crippen molar-refractivity contribution in [3.05, 3.63) is 30.3 Å². The van der Waals surface area contributed by atoms with Crippen molar-refractivity contribution in [1.82, 2.24) is 8.61 Å². The molecule has 2 aliphatic heterocycles. The molecular weight excluding hydrogens is 564 g/mol. The Bertz CT molecular complexity index is 1050. The highest BCUT2D eigenvalue weighted by Gasteiger charge is 2.35. The molecule has 11 heteroatoms. The molecule has 0 unspecified atom stereocenters. The number of hydrogen-bond acceptors (Lipinski definition) is 7. The summed E-state index contributed by atoms with van der Waals surface area (Å²) in [6, 6.07) is 9.03. The first kappa shape index (κ1) is 34.3. The van der Waals surface area contributed by atoms with Crippen molar-refractivity contribution in [3.63, 3.8) is 0 Å². The van der Waals surface area contributed by atoms with Crippen molar-refractivity contribution in [1.29, 1.82) is 0 Å². The Kier molecular flexibility index (Phi) is 15.4. The zero-order valence-corrected chi connectivity index (χ0v) is 26.6. The number of benzene rings is 1. The first-order valence-electron chi connectivity index (χ1n) is 15.7. The lowest BCUT2D eigenvalue weighted by Gasteiger charge is -2.25. The van der Waals surface area contributed by atoms with Gasteiger partial charge in [0, 0.05) is 25.2 Å². The first-order chi connectivity index (χ1) is 19.8. The number of ether oxygens (including phenoxy) is 3. The van der Waals surface area contributed by atoms with Gasteiger partial charge in [-0.3, -0.25) is 0 Å². The summed E-state index contributed by atoms with van der Waals surface area (Å²) >= 11 is 0. The summed E-state index contributed by atoms with van der Waals surface area (Å²) in [4.78, 5) is 0. The van der Waals surface area contributed by atoms with E-state index in [4.69, 9.17) is 14.2 Å². The Balaban J connectivity index is 1.30. The van der Waals surface area contributed by atoms with E-state index in [0.717, 1.165) is 44.3 Å². The van der Waals surface area contributed by atoms with E-state index in [1.807, 2.05) is 30.3 Å². The molecule has 0 N–H and O–H groups in total. The standard InChI is InChI=1S/C30H52N2O7S2/c1-2-3-4-5-6-7-8-12-23-40(33,34)31-20-13-16-28(31)25-37-27-38-26-29-17-14-21-32(29)41(35,36)24-15-22-39-30-18-10-9-11-19-30/h9-11,18-19,28-29H,2-8,12-17,20-27H2,1H3/t28-,29-/m0/s1. The third-order valence-corrected chi connectivity index (χ3v) is 12.0. The second-order valence-electron chi connectivity index (χ2n) is 11.3. The fraction of sp³-hybridized carbons (Fsp3) is 0.800. The number of rotatable bonds is 22. The monoisotopic (exact) mass is 616 g/mol. The van der Waals surface area contributed by atoms with Crippen LogP contribution in [0.3, 0.4) is 0 Å². The summed E-state index contributed by atoms with van der Waals surface area (Å²) in [7, 11) is -6.69. The van der Waals surface area contributed by atoms with Crippen LogP contribution in [0.5, 0.6) is 5.75 Å². The van der Waals surface area contributed by atoms with E-state index in [-0.39, 0.29) is 37.0 Å². The van der Waals surface area contributed by atoms with Crippen LogP contribution in [0.25, 0.3) is 0 Å². The van der Waals surface area contributed by atoms with E-state index in [2.05, 4.69) is 6.92 Å². The van der Waals surface area contributed by atoms with Gasteiger partial charge in [-0.2, -0.15) is 8.61 Å². The van der Waals surface area contributed by atoms with Crippen molar-refractivity contribution in [2.24, 2.45) is 0 Å². The maximum Gasteiger partial charge on any atom is 0.214 e. The van der Waals surface area contributed by atoms with Crippen molar-refractivity contribution in [2.45, 2.75) is 102 Å². The maximum absolute atomic E-state index is 12.9. The third-order valence-electron chi connectivity index (χ3n) is 7.96. The lowest BCUT2D eigenvalue weighted by molar-refractivity contribution is -0.0707. The molecular formula is C30H52N2O7S2. The molecule has 0 saturated carbocycles. The third kappa shape index (κ3) is 12.1. The summed E-state index contributed by atoms with van der Waals surface area (Å²) in [5.74, 6) is 0.982. The molecule has 0 radical (unpaired) electrons. The highest BCUT2D eigenvalue weighted by Crippen LogP contribution is 2.24. The van der Waals surface area contributed by atoms with Gasteiger partial charge >= 0.3 is 0 Å². The fourth-order valence-corrected chi connectivity index (χ4v) is 9.29. The summed E-state index contributed by atoms with van der Waals surface area (Å²) in [6.07, 6.45) is 12.6. The average molecular weight is 617 g/mol. The molecule has 41 heavy (non-hydrogen) atoms. The first-order valence-corrected chi connectivity index (χ1v) is 18.9. The van der Waals surface area contributed by atoms with Gasteiger partial charge in [-0.1, -0.05) is 70.1 Å². The van der Waals surface area contributed by atoms with Crippen LogP contribution in [0.15, 0.2) is 30.3 Å². The molecule has 2 heterocycles. The van der Waals surface area contributed by atoms with Crippen LogP contribution < -0.4 is 4.74 Å². The summed E-state index contributed by atoms with van der Waals surface area (Å²) in [5, 5.41) is 0. The summed E-state index contributed by atoms with van der Waals surface area (Å²) < 4.78 is 72.0. The Morgan fingerprint density at radius 2 is 1.22 bits per heavy atom. The van der Waals surface area contributed by atoms with E-state index in [0.29, 0.717) is 39.1 Å². The van der Waals surface area contributed by atoms with Gasteiger partial charge in [0.15, 0.2) is 0 Å². The van der Waals surface area contributed by atoms with E-state index >= 15 is 0 Å². The van der Waals surface area contributed by atoms with E-state index in [1.54, 1.807) is 8.61 Å². The van der Waals surface area contributed by atoms with Crippen LogP contribution in [0.2, 0.25) is 0 Å². The average Bonchev–Trinajstić information content (AvgIpc) is 3.64. The van der Waals surface area contributed by atoms with Gasteiger partial charge in [0.1, 0.15) is 12.5 Å². The lowest BCUT2D eigenvalue weighted by Crippen LogP contribution is -2.40. The van der Waals surface area contributed by atoms with Gasteiger partial charge in [0.25, 0.3) is 0 Å². The molecule has 3 rings (SSSR count). The number of sulfonamides is 2. The maximum atomic E-state index is 12.9. The molecule has 2 aliphatic rings. The highest BCUT2D eigenvalue weighted by atomic mass is 32.2. The number of nitrogens with zero attached hydrogens (tertiary/aromatic N) is 2. The predicted octanol–water partition coefficient (Wildman–Crippen LogP) is 5.18. The topological polar surface area (TPSA) is 102 Å². The molecule has 0 aromatic heterocycles. The van der Waals surface area contributed by atoms with E-state index < -0.39 is 20.0 Å². The molecule has 0 aliphatic carbocycles. The van der Waals surface area contributed by atoms with E-state index in [1.165, 1.54) is 32.1 Å². The van der Waals surface area contributed by atoms with Crippen LogP contribution >= 0.6 is 0 Å². The minimum atomic E-state index is -3.40. The highest BCUT2D eigenvalue weighted by molar-refractivity contribution is 7.89. The van der Waals surface area contributed by atoms with Crippen LogP contribution in [0.4, 0.5) is 0 Å². The summed E-state index contributed by atoms with van der Waals surface area (Å²) in [5.41, 5.74) is 0. The Labute approximate surface area is 249 Å². The molecule has 0 spiro atoms. The van der Waals surface area contributed by atoms with Crippen LogP contribution in [0.1, 0.15) is 90.4 Å². The summed E-state index contributed by atoms with van der Waals surface area (Å²) in [6.45, 7) is 4.21. The second kappa shape index (κ2) is 18.4. The van der Waals surface area contributed by atoms with Crippen LogP contribution in [-0.2, 0) is 29.5 Å². The predicted molar refractivity (Wildman–Crippen MR) is 163 cm³/mol. The van der Waals surface area contributed by atoms with Gasteiger partial charge in [-0.15, -0.1) is 0 Å². The van der Waals surface area contributed by atoms with Crippen molar-refractivity contribution < 1.29 is 31.0 Å². The van der Waals surface area contributed by atoms with Crippen molar-refractivity contribution in [2.75, 3.05) is 51.2 Å². The minimum Gasteiger partial charge on any atom is -0.494 e. The Morgan fingerprint density at radius 3 is 1.78 bits per heavy atom. The molecule has 1 aromatic carbocycles. The second-order valence-corrected chi connectivity index (χ2v) is 15.4. The van der Waals surface area contributed by atoms with Gasteiger partial charge in [0.2, 0.25) is 20.0 Å². The zero-order valence-electron chi connectivity index (χ0n) is 25.0. The Morgan fingerprint density at radius 1 is 0.707 bits per heavy atom. The minimum absolute atomic E-state index is 0.0255. The van der Waals surface area contributed by atoms with Gasteiger partial charge in [-0.05, 0) is 50.7 Å². The molecule has 0 amide bonds. The zero-order chi connectivity index (χ0) is 29.4.